The third kappa shape index (κ3) is 6.12. The zero-order valence-corrected chi connectivity index (χ0v) is 20.6. The summed E-state index contributed by atoms with van der Waals surface area (Å²) in [6.45, 7) is 7.85. The van der Waals surface area contributed by atoms with Crippen molar-refractivity contribution in [3.8, 4) is 0 Å². The molecule has 0 amide bonds. The largest absolute Gasteiger partial charge is 0.466 e. The van der Waals surface area contributed by atoms with Gasteiger partial charge in [-0.05, 0) is 36.5 Å². The van der Waals surface area contributed by atoms with E-state index in [0.29, 0.717) is 12.8 Å². The van der Waals surface area contributed by atoms with Gasteiger partial charge >= 0.3 is 11.9 Å². The molecule has 2 aromatic heterocycles. The Morgan fingerprint density at radius 1 is 1.18 bits per heavy atom. The maximum Gasteiger partial charge on any atom is 0.309 e. The van der Waals surface area contributed by atoms with Gasteiger partial charge in [-0.15, -0.1) is 0 Å². The molecule has 1 aromatic carbocycles. The van der Waals surface area contributed by atoms with Crippen LogP contribution >= 0.6 is 0 Å². The molecule has 8 heteroatoms. The van der Waals surface area contributed by atoms with E-state index >= 15 is 0 Å². The van der Waals surface area contributed by atoms with Gasteiger partial charge in [0, 0.05) is 49.6 Å². The third-order valence-electron chi connectivity index (χ3n) is 6.51. The summed E-state index contributed by atoms with van der Waals surface area (Å²) >= 11 is 0. The summed E-state index contributed by atoms with van der Waals surface area (Å²) in [5.41, 5.74) is 5.23. The molecule has 8 nitrogen and oxygen atoms in total. The first-order valence-corrected chi connectivity index (χ1v) is 11.6. The molecular weight excluding hydrogens is 432 g/mol. The van der Waals surface area contributed by atoms with Crippen molar-refractivity contribution < 1.29 is 19.1 Å². The molecule has 0 aliphatic heterocycles. The van der Waals surface area contributed by atoms with Crippen molar-refractivity contribution in [2.75, 3.05) is 6.61 Å². The Morgan fingerprint density at radius 2 is 1.97 bits per heavy atom. The molecule has 0 bridgehead atoms. The van der Waals surface area contributed by atoms with E-state index in [-0.39, 0.29) is 37.0 Å². The average Bonchev–Trinajstić information content (AvgIpc) is 3.49. The van der Waals surface area contributed by atoms with Crippen LogP contribution in [-0.4, -0.2) is 38.1 Å². The number of esters is 2. The van der Waals surface area contributed by atoms with Gasteiger partial charge in [0.05, 0.1) is 25.2 Å². The van der Waals surface area contributed by atoms with Gasteiger partial charge in [-0.3, -0.25) is 9.59 Å². The number of H-pyrrole nitrogens is 1. The lowest BCUT2D eigenvalue weighted by molar-refractivity contribution is -0.155. The van der Waals surface area contributed by atoms with Crippen LogP contribution in [-0.2, 0) is 39.1 Å². The summed E-state index contributed by atoms with van der Waals surface area (Å²) < 4.78 is 13.0. The molecule has 3 aromatic rings. The summed E-state index contributed by atoms with van der Waals surface area (Å²) in [7, 11) is 1.91. The molecule has 34 heavy (non-hydrogen) atoms. The molecule has 0 fully saturated rings. The molecule has 2 unspecified atom stereocenters. The number of imidazole rings is 2. The molecule has 0 aliphatic carbocycles. The normalized spacial score (nSPS) is 13.8. The average molecular weight is 467 g/mol. The summed E-state index contributed by atoms with van der Waals surface area (Å²) in [5.74, 6) is -1.11. The summed E-state index contributed by atoms with van der Waals surface area (Å²) in [5, 5.41) is 0. The predicted octanol–water partition coefficient (Wildman–Crippen LogP) is 4.09. The van der Waals surface area contributed by atoms with Crippen molar-refractivity contribution >= 4 is 11.9 Å². The fraction of sp³-hybridized carbons (Fsp3) is 0.462. The first-order valence-electron chi connectivity index (χ1n) is 11.6. The van der Waals surface area contributed by atoms with Crippen molar-refractivity contribution in [2.24, 2.45) is 18.9 Å². The number of nitrogens with zero attached hydrogens (tertiary/aromatic N) is 3. The van der Waals surface area contributed by atoms with E-state index in [0.717, 1.165) is 28.1 Å². The van der Waals surface area contributed by atoms with Gasteiger partial charge in [-0.25, -0.2) is 9.97 Å². The van der Waals surface area contributed by atoms with Gasteiger partial charge in [-0.1, -0.05) is 32.0 Å². The number of nitrogens with one attached hydrogen (secondary N) is 1. The highest BCUT2D eigenvalue weighted by Crippen LogP contribution is 2.28. The van der Waals surface area contributed by atoms with Crippen molar-refractivity contribution in [3.63, 3.8) is 0 Å². The number of aromatic nitrogens is 4. The lowest BCUT2D eigenvalue weighted by Crippen LogP contribution is -2.31. The number of hydrogen-bond acceptors (Lipinski definition) is 6. The molecular formula is C26H34N4O4. The highest BCUT2D eigenvalue weighted by molar-refractivity contribution is 5.73. The summed E-state index contributed by atoms with van der Waals surface area (Å²) in [6.07, 6.45) is 8.14. The number of ether oxygens (including phenoxy) is 2. The topological polar surface area (TPSA) is 99.1 Å². The van der Waals surface area contributed by atoms with E-state index < -0.39 is 5.92 Å². The van der Waals surface area contributed by atoms with E-state index in [1.807, 2.05) is 36.9 Å². The Hall–Kier alpha value is -3.42. The molecule has 2 heterocycles. The second-order valence-electron chi connectivity index (χ2n) is 8.75. The Kier molecular flexibility index (Phi) is 8.62. The second-order valence-corrected chi connectivity index (χ2v) is 8.75. The van der Waals surface area contributed by atoms with E-state index in [9.17, 15) is 9.59 Å². The van der Waals surface area contributed by atoms with Crippen molar-refractivity contribution in [1.82, 2.24) is 19.5 Å². The summed E-state index contributed by atoms with van der Waals surface area (Å²) in [4.78, 5) is 36.1. The highest BCUT2D eigenvalue weighted by atomic mass is 16.5. The molecule has 0 spiro atoms. The second kappa shape index (κ2) is 11.6. The van der Waals surface area contributed by atoms with E-state index in [2.05, 4.69) is 34.9 Å². The number of benzene rings is 1. The molecule has 3 atom stereocenters. The number of rotatable bonds is 11. The molecule has 0 saturated heterocycles. The molecule has 182 valence electrons. The Morgan fingerprint density at radius 3 is 2.59 bits per heavy atom. The zero-order valence-electron chi connectivity index (χ0n) is 20.6. The first kappa shape index (κ1) is 25.2. The fourth-order valence-corrected chi connectivity index (χ4v) is 4.34. The van der Waals surface area contributed by atoms with Crippen LogP contribution in [0.4, 0.5) is 0 Å². The molecule has 0 aliphatic rings. The lowest BCUT2D eigenvalue weighted by Gasteiger charge is -2.25. The minimum atomic E-state index is -0.401. The number of carbonyl (C=O) groups is 2. The van der Waals surface area contributed by atoms with Crippen molar-refractivity contribution in [2.45, 2.75) is 53.1 Å². The van der Waals surface area contributed by atoms with Gasteiger partial charge in [0.15, 0.2) is 0 Å². The monoisotopic (exact) mass is 466 g/mol. The summed E-state index contributed by atoms with van der Waals surface area (Å²) in [6, 6.07) is 6.06. The van der Waals surface area contributed by atoms with Gasteiger partial charge in [0.2, 0.25) is 0 Å². The van der Waals surface area contributed by atoms with Gasteiger partial charge in [0.25, 0.3) is 0 Å². The fourth-order valence-electron chi connectivity index (χ4n) is 4.34. The lowest BCUT2D eigenvalue weighted by atomic mass is 9.87. The van der Waals surface area contributed by atoms with Crippen molar-refractivity contribution in [1.29, 1.82) is 0 Å². The minimum Gasteiger partial charge on any atom is -0.466 e. The third-order valence-corrected chi connectivity index (χ3v) is 6.51. The Labute approximate surface area is 200 Å². The van der Waals surface area contributed by atoms with Gasteiger partial charge in [-0.2, -0.15) is 0 Å². The van der Waals surface area contributed by atoms with E-state index in [1.165, 1.54) is 6.92 Å². The van der Waals surface area contributed by atoms with E-state index in [4.69, 9.17) is 9.47 Å². The quantitative estimate of drug-likeness (QED) is 0.427. The van der Waals surface area contributed by atoms with Crippen LogP contribution < -0.4 is 0 Å². The Bertz CT molecular complexity index is 1090. The molecule has 0 radical (unpaired) electrons. The minimum absolute atomic E-state index is 0.147. The van der Waals surface area contributed by atoms with Crippen LogP contribution in [0.15, 0.2) is 43.2 Å². The number of carbonyl (C=O) groups excluding carboxylic acids is 2. The Balaban J connectivity index is 1.72. The van der Waals surface area contributed by atoms with Crippen LogP contribution in [0.1, 0.15) is 61.2 Å². The molecule has 1 N–H and O–H groups in total. The van der Waals surface area contributed by atoms with Crippen molar-refractivity contribution in [3.05, 3.63) is 71.3 Å². The standard InChI is InChI=1S/C26H34N4O4/c1-6-23(21(14-33-19(4)31)10-22-11-28-16-30(22)5)26(32)34-13-20-8-7-9-24(17(20)2)18(3)25-12-27-15-29-25/h7-9,11-12,15-16,18,21,23H,6,10,13-14H2,1-5H3,(H,27,29)/t18-,21?,23?/m0/s1. The number of aromatic amines is 1. The van der Waals surface area contributed by atoms with Crippen LogP contribution in [0.3, 0.4) is 0 Å². The maximum absolute atomic E-state index is 13.2. The number of hydrogen-bond donors (Lipinski definition) is 1. The first-order chi connectivity index (χ1) is 16.3. The number of aryl methyl sites for hydroxylation is 1. The predicted molar refractivity (Wildman–Crippen MR) is 128 cm³/mol. The molecule has 3 rings (SSSR count). The van der Waals surface area contributed by atoms with Crippen LogP contribution in [0.2, 0.25) is 0 Å². The molecule has 0 saturated carbocycles. The highest BCUT2D eigenvalue weighted by Gasteiger charge is 2.30. The zero-order chi connectivity index (χ0) is 24.7. The van der Waals surface area contributed by atoms with Gasteiger partial charge in [0.1, 0.15) is 6.61 Å². The maximum atomic E-state index is 13.2. The van der Waals surface area contributed by atoms with Crippen LogP contribution in [0.5, 0.6) is 0 Å². The van der Waals surface area contributed by atoms with Crippen LogP contribution in [0, 0.1) is 18.8 Å². The van der Waals surface area contributed by atoms with Crippen LogP contribution in [0.25, 0.3) is 0 Å². The smallest absolute Gasteiger partial charge is 0.309 e. The van der Waals surface area contributed by atoms with Gasteiger partial charge < -0.3 is 19.0 Å². The SMILES string of the molecule is CCC(C(=O)OCc1cccc([C@H](C)c2cnc[nH]2)c1C)C(COC(C)=O)Cc1cncn1C. The van der Waals surface area contributed by atoms with E-state index in [1.54, 1.807) is 18.9 Å².